The lowest BCUT2D eigenvalue weighted by molar-refractivity contribution is -0.150. The van der Waals surface area contributed by atoms with Crippen LogP contribution in [0.3, 0.4) is 0 Å². The Hall–Kier alpha value is -2.38. The number of nitrogens with zero attached hydrogens (tertiary/aromatic N) is 2. The maximum atomic E-state index is 12.3. The first-order valence-corrected chi connectivity index (χ1v) is 7.22. The van der Waals surface area contributed by atoms with Crippen molar-refractivity contribution in [3.8, 4) is 11.4 Å². The fraction of sp³-hybridized carbons (Fsp3) is 0.400. The van der Waals surface area contributed by atoms with Gasteiger partial charge in [-0.3, -0.25) is 9.89 Å². The number of aromatic nitrogens is 3. The number of aryl methyl sites for hydroxylation is 1. The molecule has 0 bridgehead atoms. The number of aromatic amines is 1. The highest BCUT2D eigenvalue weighted by Gasteiger charge is 2.32. The summed E-state index contributed by atoms with van der Waals surface area (Å²) in [6.07, 6.45) is -3.96. The third-order valence-corrected chi connectivity index (χ3v) is 3.52. The third-order valence-electron chi connectivity index (χ3n) is 3.52. The summed E-state index contributed by atoms with van der Waals surface area (Å²) in [5, 5.41) is 9.27. The molecule has 122 valence electrons. The monoisotopic (exact) mass is 324 g/mol. The van der Waals surface area contributed by atoms with E-state index >= 15 is 0 Å². The van der Waals surface area contributed by atoms with Gasteiger partial charge >= 0.3 is 6.18 Å². The Kier molecular flexibility index (Phi) is 3.83. The number of amides is 1. The van der Waals surface area contributed by atoms with Gasteiger partial charge in [-0.1, -0.05) is 11.6 Å². The zero-order valence-corrected chi connectivity index (χ0v) is 12.4. The summed E-state index contributed by atoms with van der Waals surface area (Å²) in [6, 6.07) is 5.01. The van der Waals surface area contributed by atoms with Crippen LogP contribution in [0.5, 0.6) is 0 Å². The average Bonchev–Trinajstić information content (AvgIpc) is 3.17. The molecule has 1 heterocycles. The van der Waals surface area contributed by atoms with Crippen molar-refractivity contribution in [3.63, 3.8) is 0 Å². The summed E-state index contributed by atoms with van der Waals surface area (Å²) in [5.41, 5.74) is 1.67. The zero-order chi connectivity index (χ0) is 16.6. The first-order valence-electron chi connectivity index (χ1n) is 7.22. The standard InChI is InChI=1S/C15H15F3N4O/c1-8-2-5-11(19-12(23)7-15(16,17)18)10(6-8)14-20-13(21-22-14)9-3-4-9/h2,5-6,9H,3-4,7H2,1H3,(H,19,23)(H,20,21,22). The highest BCUT2D eigenvalue weighted by molar-refractivity contribution is 5.95. The molecule has 0 radical (unpaired) electrons. The number of halogens is 3. The molecule has 8 heteroatoms. The van der Waals surface area contributed by atoms with Crippen LogP contribution in [-0.4, -0.2) is 27.3 Å². The van der Waals surface area contributed by atoms with Gasteiger partial charge in [0, 0.05) is 11.5 Å². The number of benzene rings is 1. The van der Waals surface area contributed by atoms with E-state index in [-0.39, 0.29) is 5.69 Å². The van der Waals surface area contributed by atoms with Crippen molar-refractivity contribution in [3.05, 3.63) is 29.6 Å². The quantitative estimate of drug-likeness (QED) is 0.903. The molecule has 1 saturated carbocycles. The smallest absolute Gasteiger partial charge is 0.325 e. The Labute approximate surface area is 130 Å². The molecule has 1 aliphatic rings. The lowest BCUT2D eigenvalue weighted by atomic mass is 10.1. The molecule has 5 nitrogen and oxygen atoms in total. The van der Waals surface area contributed by atoms with E-state index in [1.807, 2.05) is 6.92 Å². The topological polar surface area (TPSA) is 70.7 Å². The summed E-state index contributed by atoms with van der Waals surface area (Å²) in [7, 11) is 0. The molecule has 1 aliphatic carbocycles. The molecule has 1 aromatic carbocycles. The van der Waals surface area contributed by atoms with E-state index in [2.05, 4.69) is 20.5 Å². The molecule has 1 amide bonds. The van der Waals surface area contributed by atoms with E-state index in [0.717, 1.165) is 24.2 Å². The summed E-state index contributed by atoms with van der Waals surface area (Å²) < 4.78 is 36.9. The van der Waals surface area contributed by atoms with Gasteiger partial charge in [0.25, 0.3) is 0 Å². The second-order valence-electron chi connectivity index (χ2n) is 5.71. The van der Waals surface area contributed by atoms with Crippen molar-refractivity contribution in [2.75, 3.05) is 5.32 Å². The highest BCUT2D eigenvalue weighted by atomic mass is 19.4. The molecule has 0 atom stereocenters. The summed E-state index contributed by atoms with van der Waals surface area (Å²) in [6.45, 7) is 1.85. The van der Waals surface area contributed by atoms with Gasteiger partial charge in [0.15, 0.2) is 5.82 Å². The third kappa shape index (κ3) is 3.88. The number of hydrogen-bond acceptors (Lipinski definition) is 3. The fourth-order valence-corrected chi connectivity index (χ4v) is 2.26. The predicted molar refractivity (Wildman–Crippen MR) is 77.8 cm³/mol. The molecule has 3 rings (SSSR count). The minimum atomic E-state index is -4.54. The van der Waals surface area contributed by atoms with Crippen LogP contribution in [0.15, 0.2) is 18.2 Å². The Morgan fingerprint density at radius 3 is 2.78 bits per heavy atom. The van der Waals surface area contributed by atoms with E-state index in [0.29, 0.717) is 17.3 Å². The van der Waals surface area contributed by atoms with Crippen LogP contribution in [0.4, 0.5) is 18.9 Å². The van der Waals surface area contributed by atoms with Gasteiger partial charge in [0.1, 0.15) is 12.2 Å². The Bertz CT molecular complexity index is 735. The molecule has 0 saturated heterocycles. The lowest BCUT2D eigenvalue weighted by Gasteiger charge is -2.11. The Morgan fingerprint density at radius 2 is 2.13 bits per heavy atom. The SMILES string of the molecule is Cc1ccc(NC(=O)CC(F)(F)F)c(-c2n[nH]c(C3CC3)n2)c1. The number of nitrogens with one attached hydrogen (secondary N) is 2. The minimum absolute atomic E-state index is 0.270. The molecule has 1 fully saturated rings. The molecule has 23 heavy (non-hydrogen) atoms. The van der Waals surface area contributed by atoms with Crippen molar-refractivity contribution in [2.45, 2.75) is 38.3 Å². The van der Waals surface area contributed by atoms with Crippen molar-refractivity contribution in [2.24, 2.45) is 0 Å². The maximum absolute atomic E-state index is 12.3. The summed E-state index contributed by atoms with van der Waals surface area (Å²) in [5.74, 6) is 0.414. The van der Waals surface area contributed by atoms with E-state index in [4.69, 9.17) is 0 Å². The van der Waals surface area contributed by atoms with Crippen LogP contribution >= 0.6 is 0 Å². The largest absolute Gasteiger partial charge is 0.397 e. The van der Waals surface area contributed by atoms with Crippen molar-refractivity contribution < 1.29 is 18.0 Å². The van der Waals surface area contributed by atoms with Gasteiger partial charge in [0.05, 0.1) is 5.69 Å². The van der Waals surface area contributed by atoms with E-state index in [9.17, 15) is 18.0 Å². The second kappa shape index (κ2) is 5.68. The zero-order valence-electron chi connectivity index (χ0n) is 12.4. The van der Waals surface area contributed by atoms with Crippen molar-refractivity contribution in [1.29, 1.82) is 0 Å². The van der Waals surface area contributed by atoms with E-state index in [1.165, 1.54) is 0 Å². The first-order chi connectivity index (χ1) is 10.8. The number of alkyl halides is 3. The van der Waals surface area contributed by atoms with Crippen molar-refractivity contribution in [1.82, 2.24) is 15.2 Å². The molecule has 2 N–H and O–H groups in total. The number of anilines is 1. The molecular formula is C15H15F3N4O. The number of hydrogen-bond donors (Lipinski definition) is 2. The van der Waals surface area contributed by atoms with Gasteiger partial charge < -0.3 is 5.32 Å². The van der Waals surface area contributed by atoms with Crippen LogP contribution < -0.4 is 5.32 Å². The first kappa shape index (κ1) is 15.5. The fourth-order valence-electron chi connectivity index (χ4n) is 2.26. The van der Waals surface area contributed by atoms with Crippen molar-refractivity contribution >= 4 is 11.6 Å². The number of carbonyl (C=O) groups is 1. The Morgan fingerprint density at radius 1 is 1.39 bits per heavy atom. The average molecular weight is 324 g/mol. The second-order valence-corrected chi connectivity index (χ2v) is 5.71. The van der Waals surface area contributed by atoms with Crippen LogP contribution in [0, 0.1) is 6.92 Å². The van der Waals surface area contributed by atoms with Gasteiger partial charge in [-0.05, 0) is 31.9 Å². The molecule has 0 aliphatic heterocycles. The van der Waals surface area contributed by atoms with Gasteiger partial charge in [-0.2, -0.15) is 18.3 Å². The summed E-state index contributed by atoms with van der Waals surface area (Å²) in [4.78, 5) is 15.9. The minimum Gasteiger partial charge on any atom is -0.325 e. The normalized spacial score (nSPS) is 14.8. The molecule has 2 aromatic rings. The van der Waals surface area contributed by atoms with Crippen LogP contribution in [0.2, 0.25) is 0 Å². The van der Waals surface area contributed by atoms with Crippen LogP contribution in [-0.2, 0) is 4.79 Å². The van der Waals surface area contributed by atoms with E-state index in [1.54, 1.807) is 18.2 Å². The lowest BCUT2D eigenvalue weighted by Crippen LogP contribution is -2.21. The predicted octanol–water partition coefficient (Wildman–Crippen LogP) is 3.55. The van der Waals surface area contributed by atoms with Gasteiger partial charge in [-0.25, -0.2) is 4.98 Å². The van der Waals surface area contributed by atoms with Crippen LogP contribution in [0.1, 0.15) is 36.6 Å². The van der Waals surface area contributed by atoms with Gasteiger partial charge in [0.2, 0.25) is 5.91 Å². The molecule has 0 spiro atoms. The summed E-state index contributed by atoms with van der Waals surface area (Å²) >= 11 is 0. The maximum Gasteiger partial charge on any atom is 0.397 e. The molecular weight excluding hydrogens is 309 g/mol. The number of carbonyl (C=O) groups excluding carboxylic acids is 1. The number of H-pyrrole nitrogens is 1. The molecule has 1 aromatic heterocycles. The molecule has 0 unspecified atom stereocenters. The Balaban J connectivity index is 1.86. The van der Waals surface area contributed by atoms with Gasteiger partial charge in [-0.15, -0.1) is 0 Å². The highest BCUT2D eigenvalue weighted by Crippen LogP contribution is 2.39. The van der Waals surface area contributed by atoms with Crippen LogP contribution in [0.25, 0.3) is 11.4 Å². The number of rotatable bonds is 4. The van der Waals surface area contributed by atoms with E-state index < -0.39 is 18.5 Å².